The summed E-state index contributed by atoms with van der Waals surface area (Å²) in [5.41, 5.74) is 7.44. The Morgan fingerprint density at radius 3 is 2.45 bits per heavy atom. The number of benzene rings is 1. The highest BCUT2D eigenvalue weighted by atomic mass is 32.1. The molecule has 6 nitrogen and oxygen atoms in total. The van der Waals surface area contributed by atoms with Gasteiger partial charge in [0.05, 0.1) is 4.88 Å². The molecule has 2 unspecified atom stereocenters. The van der Waals surface area contributed by atoms with E-state index < -0.39 is 6.04 Å². The van der Waals surface area contributed by atoms with Crippen LogP contribution in [0.3, 0.4) is 0 Å². The number of nitrogens with one attached hydrogen (secondary N) is 1. The van der Waals surface area contributed by atoms with Crippen LogP contribution in [0.1, 0.15) is 79.4 Å². The normalized spacial score (nSPS) is 26.5. The molecule has 1 aromatic heterocycles. The van der Waals surface area contributed by atoms with Gasteiger partial charge >= 0.3 is 0 Å². The minimum atomic E-state index is -0.421. The van der Waals surface area contributed by atoms with E-state index in [4.69, 9.17) is 5.73 Å². The highest BCUT2D eigenvalue weighted by Crippen LogP contribution is 2.30. The highest BCUT2D eigenvalue weighted by molar-refractivity contribution is 7.12. The average molecular weight is 537 g/mol. The summed E-state index contributed by atoms with van der Waals surface area (Å²) in [5, 5.41) is 5.25. The van der Waals surface area contributed by atoms with Crippen LogP contribution in [0.5, 0.6) is 0 Å². The largest absolute Gasteiger partial charge is 0.352 e. The number of hydrogen-bond donors (Lipinski definition) is 2. The molecular weight excluding hydrogens is 492 g/mol. The Balaban J connectivity index is 1.32. The Kier molecular flexibility index (Phi) is 9.52. The number of carbonyl (C=O) groups is 2. The second-order valence-electron chi connectivity index (χ2n) is 11.7. The van der Waals surface area contributed by atoms with E-state index in [0.717, 1.165) is 50.1 Å². The van der Waals surface area contributed by atoms with Gasteiger partial charge in [0.2, 0.25) is 5.91 Å². The quantitative estimate of drug-likeness (QED) is 0.481. The molecule has 5 rings (SSSR count). The third kappa shape index (κ3) is 7.04. The molecule has 1 aromatic carbocycles. The van der Waals surface area contributed by atoms with Gasteiger partial charge in [-0.25, -0.2) is 0 Å². The first-order valence-corrected chi connectivity index (χ1v) is 15.6. The fraction of sp³-hybridized carbons (Fsp3) is 0.613. The summed E-state index contributed by atoms with van der Waals surface area (Å²) in [6, 6.07) is 14.7. The summed E-state index contributed by atoms with van der Waals surface area (Å²) in [6.45, 7) is 2.64. The fourth-order valence-electron chi connectivity index (χ4n) is 6.70. The van der Waals surface area contributed by atoms with E-state index in [1.165, 1.54) is 49.0 Å². The fourth-order valence-corrected chi connectivity index (χ4v) is 7.37. The first-order chi connectivity index (χ1) is 18.6. The van der Waals surface area contributed by atoms with Crippen molar-refractivity contribution >= 4 is 23.2 Å². The molecule has 3 aliphatic rings. The number of nitrogens with two attached hydrogens (primary N) is 1. The van der Waals surface area contributed by atoms with Crippen LogP contribution in [0.15, 0.2) is 47.8 Å². The summed E-state index contributed by atoms with van der Waals surface area (Å²) in [6.07, 6.45) is 12.0. The molecule has 2 heterocycles. The number of nitrogens with zero attached hydrogens (tertiary/aromatic N) is 2. The molecule has 3 N–H and O–H groups in total. The lowest BCUT2D eigenvalue weighted by atomic mass is 9.88. The van der Waals surface area contributed by atoms with Gasteiger partial charge in [0.1, 0.15) is 6.04 Å². The van der Waals surface area contributed by atoms with Crippen molar-refractivity contribution in [1.29, 1.82) is 0 Å². The Morgan fingerprint density at radius 1 is 0.974 bits per heavy atom. The van der Waals surface area contributed by atoms with Crippen molar-refractivity contribution in [2.24, 2.45) is 11.7 Å². The third-order valence-electron chi connectivity index (χ3n) is 8.96. The van der Waals surface area contributed by atoms with E-state index in [0.29, 0.717) is 18.9 Å². The minimum absolute atomic E-state index is 0.00556. The monoisotopic (exact) mass is 536 g/mol. The van der Waals surface area contributed by atoms with Gasteiger partial charge in [-0.1, -0.05) is 55.7 Å². The van der Waals surface area contributed by atoms with Crippen LogP contribution in [0.25, 0.3) is 0 Å². The minimum Gasteiger partial charge on any atom is -0.352 e. The van der Waals surface area contributed by atoms with Gasteiger partial charge in [0.25, 0.3) is 5.91 Å². The van der Waals surface area contributed by atoms with Crippen molar-refractivity contribution in [3.63, 3.8) is 0 Å². The van der Waals surface area contributed by atoms with Gasteiger partial charge in [0, 0.05) is 37.8 Å². The zero-order valence-electron chi connectivity index (χ0n) is 22.6. The number of carbonyl (C=O) groups excluding carboxylic acids is 2. The standard InChI is InChI=1S/C31H44N4O2S/c32-25-13-15-26(16-14-25)33-30(36)28-20-27(22-35(28)31(37)29-12-7-19-38-29)34(21-24-10-5-2-6-11-24)18-17-23-8-3-1-4-9-23/h1,3-4,7-9,12,19,24-28H,2,5-6,10-11,13-18,20-22,32H2,(H,33,36). The molecule has 2 aromatic rings. The van der Waals surface area contributed by atoms with Gasteiger partial charge < -0.3 is 16.0 Å². The van der Waals surface area contributed by atoms with Crippen molar-refractivity contribution in [3.05, 3.63) is 58.3 Å². The molecule has 0 spiro atoms. The van der Waals surface area contributed by atoms with E-state index in [1.807, 2.05) is 22.4 Å². The summed E-state index contributed by atoms with van der Waals surface area (Å²) in [5.74, 6) is 0.716. The van der Waals surface area contributed by atoms with Gasteiger partial charge in [-0.05, 0) is 74.3 Å². The Morgan fingerprint density at radius 2 is 1.74 bits per heavy atom. The van der Waals surface area contributed by atoms with Gasteiger partial charge in [0.15, 0.2) is 0 Å². The smallest absolute Gasteiger partial charge is 0.264 e. The number of amides is 2. The van der Waals surface area contributed by atoms with Crippen molar-refractivity contribution in [2.45, 2.75) is 94.8 Å². The molecule has 2 aliphatic carbocycles. The molecule has 2 saturated carbocycles. The van der Waals surface area contributed by atoms with Crippen LogP contribution in [-0.2, 0) is 11.2 Å². The maximum atomic E-state index is 13.7. The first-order valence-electron chi connectivity index (χ1n) is 14.7. The second-order valence-corrected chi connectivity index (χ2v) is 12.6. The van der Waals surface area contributed by atoms with Crippen LogP contribution < -0.4 is 11.1 Å². The van der Waals surface area contributed by atoms with Crippen LogP contribution in [0.4, 0.5) is 0 Å². The van der Waals surface area contributed by atoms with Crippen LogP contribution in [0, 0.1) is 5.92 Å². The lowest BCUT2D eigenvalue weighted by Gasteiger charge is -2.34. The summed E-state index contributed by atoms with van der Waals surface area (Å²) < 4.78 is 0. The zero-order valence-corrected chi connectivity index (χ0v) is 23.4. The van der Waals surface area contributed by atoms with E-state index >= 15 is 0 Å². The molecule has 206 valence electrons. The van der Waals surface area contributed by atoms with E-state index in [9.17, 15) is 9.59 Å². The molecule has 1 saturated heterocycles. The van der Waals surface area contributed by atoms with Crippen molar-refractivity contribution in [1.82, 2.24) is 15.1 Å². The number of rotatable bonds is 9. The molecular formula is C31H44N4O2S. The Bertz CT molecular complexity index is 1020. The summed E-state index contributed by atoms with van der Waals surface area (Å²) in [7, 11) is 0. The van der Waals surface area contributed by atoms with E-state index in [1.54, 1.807) is 0 Å². The second kappa shape index (κ2) is 13.2. The molecule has 2 amide bonds. The van der Waals surface area contributed by atoms with Crippen molar-refractivity contribution in [2.75, 3.05) is 19.6 Å². The predicted molar refractivity (Wildman–Crippen MR) is 154 cm³/mol. The molecule has 1 aliphatic heterocycles. The molecule has 38 heavy (non-hydrogen) atoms. The van der Waals surface area contributed by atoms with E-state index in [-0.39, 0.29) is 29.9 Å². The lowest BCUT2D eigenvalue weighted by molar-refractivity contribution is -0.125. The molecule has 0 bridgehead atoms. The topological polar surface area (TPSA) is 78.7 Å². The number of likely N-dealkylation sites (tertiary alicyclic amines) is 1. The van der Waals surface area contributed by atoms with Gasteiger partial charge in [-0.2, -0.15) is 0 Å². The summed E-state index contributed by atoms with van der Waals surface area (Å²) in [4.78, 5) is 32.5. The van der Waals surface area contributed by atoms with Crippen LogP contribution in [0.2, 0.25) is 0 Å². The van der Waals surface area contributed by atoms with Crippen molar-refractivity contribution < 1.29 is 9.59 Å². The number of thiophene rings is 1. The number of hydrogen-bond acceptors (Lipinski definition) is 5. The van der Waals surface area contributed by atoms with E-state index in [2.05, 4.69) is 40.5 Å². The Hall–Kier alpha value is -2.22. The average Bonchev–Trinajstić information content (AvgIpc) is 3.64. The lowest BCUT2D eigenvalue weighted by Crippen LogP contribution is -2.50. The molecule has 3 fully saturated rings. The Labute approximate surface area is 232 Å². The predicted octanol–water partition coefficient (Wildman–Crippen LogP) is 4.84. The molecule has 7 heteroatoms. The SMILES string of the molecule is NC1CCC(NC(=O)C2CC(N(CCc3ccccc3)CC3CCCCC3)CN2C(=O)c2cccs2)CC1. The molecule has 0 radical (unpaired) electrons. The maximum Gasteiger partial charge on any atom is 0.264 e. The van der Waals surface area contributed by atoms with Gasteiger partial charge in [-0.15, -0.1) is 11.3 Å². The third-order valence-corrected chi connectivity index (χ3v) is 9.81. The highest BCUT2D eigenvalue weighted by Gasteiger charge is 2.43. The molecule has 2 atom stereocenters. The van der Waals surface area contributed by atoms with Crippen LogP contribution >= 0.6 is 11.3 Å². The van der Waals surface area contributed by atoms with Crippen molar-refractivity contribution in [3.8, 4) is 0 Å². The maximum absolute atomic E-state index is 13.7. The van der Waals surface area contributed by atoms with Gasteiger partial charge in [-0.3, -0.25) is 14.5 Å². The zero-order chi connectivity index (χ0) is 26.3. The van der Waals surface area contributed by atoms with Crippen LogP contribution in [-0.4, -0.2) is 65.4 Å². The summed E-state index contributed by atoms with van der Waals surface area (Å²) >= 11 is 1.46. The first kappa shape index (κ1) is 27.4.